The first kappa shape index (κ1) is 22.7. The third-order valence-corrected chi connectivity index (χ3v) is 6.51. The Kier molecular flexibility index (Phi) is 7.19. The quantitative estimate of drug-likeness (QED) is 0.337. The highest BCUT2D eigenvalue weighted by molar-refractivity contribution is 8.00. The lowest BCUT2D eigenvalue weighted by molar-refractivity contribution is -0.128. The van der Waals surface area contributed by atoms with Crippen LogP contribution in [-0.4, -0.2) is 39.7 Å². The first-order chi connectivity index (χ1) is 16.0. The van der Waals surface area contributed by atoms with E-state index >= 15 is 0 Å². The molecule has 4 rings (SSSR count). The van der Waals surface area contributed by atoms with Crippen LogP contribution in [0.15, 0.2) is 90.1 Å². The minimum atomic E-state index is -0.491. The second kappa shape index (κ2) is 10.4. The maximum atomic E-state index is 14.6. The monoisotopic (exact) mass is 460 g/mol. The second-order valence-corrected chi connectivity index (χ2v) is 8.89. The summed E-state index contributed by atoms with van der Waals surface area (Å²) in [5, 5.41) is 8.81. The van der Waals surface area contributed by atoms with Gasteiger partial charge >= 0.3 is 0 Å². The lowest BCUT2D eigenvalue weighted by atomic mass is 10.1. The van der Waals surface area contributed by atoms with Crippen molar-refractivity contribution < 1.29 is 9.18 Å². The summed E-state index contributed by atoms with van der Waals surface area (Å²) >= 11 is 1.34. The summed E-state index contributed by atoms with van der Waals surface area (Å²) in [5.41, 5.74) is 2.43. The van der Waals surface area contributed by atoms with E-state index in [1.54, 1.807) is 37.2 Å². The molecule has 0 aliphatic carbocycles. The van der Waals surface area contributed by atoms with Crippen LogP contribution in [0.1, 0.15) is 16.4 Å². The zero-order chi connectivity index (χ0) is 23.2. The van der Waals surface area contributed by atoms with Gasteiger partial charge in [-0.05, 0) is 29.7 Å². The summed E-state index contributed by atoms with van der Waals surface area (Å²) in [7, 11) is 3.48. The average molecular weight is 461 g/mol. The molecule has 4 aromatic rings. The molecule has 1 heterocycles. The Balaban J connectivity index is 1.73. The van der Waals surface area contributed by atoms with Gasteiger partial charge in [0.25, 0.3) is 0 Å². The summed E-state index contributed by atoms with van der Waals surface area (Å²) in [4.78, 5) is 14.6. The maximum absolute atomic E-state index is 14.6. The standard InChI is InChI=1S/C26H25FN4OS/c1-30(2)25(32)23(20-13-7-4-8-14-20)33-26-29-28-24(21-15-9-10-16-22(21)27)31(26)18-17-19-11-5-3-6-12-19/h3-16,23H,17-18H2,1-2H3. The molecule has 3 aromatic carbocycles. The SMILES string of the molecule is CN(C)C(=O)C(Sc1nnc(-c2ccccc2F)n1CCc1ccccc1)c1ccccc1. The van der Waals surface area contributed by atoms with Gasteiger partial charge in [0.05, 0.1) is 5.56 Å². The first-order valence-corrected chi connectivity index (χ1v) is 11.6. The highest BCUT2D eigenvalue weighted by Gasteiger charge is 2.27. The Bertz CT molecular complexity index is 1210. The number of hydrogen-bond donors (Lipinski definition) is 0. The van der Waals surface area contributed by atoms with Gasteiger partial charge in [-0.3, -0.25) is 4.79 Å². The summed E-state index contributed by atoms with van der Waals surface area (Å²) < 4.78 is 16.6. The van der Waals surface area contributed by atoms with E-state index in [0.717, 1.165) is 17.5 Å². The molecule has 0 radical (unpaired) electrons. The molecule has 0 aliphatic rings. The molecule has 5 nitrogen and oxygen atoms in total. The molecule has 0 bridgehead atoms. The Morgan fingerprint density at radius 2 is 1.58 bits per heavy atom. The zero-order valence-corrected chi connectivity index (χ0v) is 19.4. The summed E-state index contributed by atoms with van der Waals surface area (Å²) in [6, 6.07) is 26.3. The van der Waals surface area contributed by atoms with Crippen LogP contribution in [0.2, 0.25) is 0 Å². The minimum absolute atomic E-state index is 0.0451. The van der Waals surface area contributed by atoms with E-state index in [-0.39, 0.29) is 11.7 Å². The van der Waals surface area contributed by atoms with Crippen LogP contribution in [-0.2, 0) is 17.8 Å². The predicted molar refractivity (Wildman–Crippen MR) is 129 cm³/mol. The molecule has 0 N–H and O–H groups in total. The van der Waals surface area contributed by atoms with Gasteiger partial charge in [-0.1, -0.05) is 84.6 Å². The summed E-state index contributed by atoms with van der Waals surface area (Å²) in [5.74, 6) is 0.0540. The minimum Gasteiger partial charge on any atom is -0.348 e. The molecule has 33 heavy (non-hydrogen) atoms. The van der Waals surface area contributed by atoms with Crippen molar-refractivity contribution in [3.63, 3.8) is 0 Å². The van der Waals surface area contributed by atoms with Crippen LogP contribution in [0.4, 0.5) is 4.39 Å². The Morgan fingerprint density at radius 1 is 0.939 bits per heavy atom. The number of hydrogen-bond acceptors (Lipinski definition) is 4. The number of likely N-dealkylation sites (N-methyl/N-ethyl adjacent to an activating group) is 1. The number of aryl methyl sites for hydroxylation is 1. The van der Waals surface area contributed by atoms with Crippen LogP contribution < -0.4 is 0 Å². The van der Waals surface area contributed by atoms with E-state index in [1.807, 2.05) is 53.1 Å². The van der Waals surface area contributed by atoms with Crippen molar-refractivity contribution in [2.24, 2.45) is 0 Å². The van der Waals surface area contributed by atoms with Gasteiger partial charge in [-0.2, -0.15) is 0 Å². The van der Waals surface area contributed by atoms with Crippen LogP contribution in [0, 0.1) is 5.82 Å². The fraction of sp³-hybridized carbons (Fsp3) is 0.192. The van der Waals surface area contributed by atoms with Gasteiger partial charge in [0.15, 0.2) is 11.0 Å². The smallest absolute Gasteiger partial charge is 0.240 e. The Morgan fingerprint density at radius 3 is 2.24 bits per heavy atom. The number of aromatic nitrogens is 3. The van der Waals surface area contributed by atoms with Crippen molar-refractivity contribution in [3.05, 3.63) is 102 Å². The van der Waals surface area contributed by atoms with E-state index in [2.05, 4.69) is 22.3 Å². The van der Waals surface area contributed by atoms with Crippen molar-refractivity contribution in [1.29, 1.82) is 0 Å². The van der Waals surface area contributed by atoms with Gasteiger partial charge < -0.3 is 9.47 Å². The maximum Gasteiger partial charge on any atom is 0.240 e. The van der Waals surface area contributed by atoms with Crippen molar-refractivity contribution >= 4 is 17.7 Å². The number of nitrogens with zero attached hydrogens (tertiary/aromatic N) is 4. The Labute approximate surface area is 197 Å². The lowest BCUT2D eigenvalue weighted by Crippen LogP contribution is -2.27. The number of halogens is 1. The average Bonchev–Trinajstić information content (AvgIpc) is 3.24. The van der Waals surface area contributed by atoms with Crippen molar-refractivity contribution in [2.75, 3.05) is 14.1 Å². The van der Waals surface area contributed by atoms with Gasteiger partial charge in [0.1, 0.15) is 11.1 Å². The number of carbonyl (C=O) groups excluding carboxylic acids is 1. The number of rotatable bonds is 8. The highest BCUT2D eigenvalue weighted by atomic mass is 32.2. The summed E-state index contributed by atoms with van der Waals surface area (Å²) in [6.07, 6.45) is 0.728. The van der Waals surface area contributed by atoms with Gasteiger partial charge in [-0.25, -0.2) is 4.39 Å². The molecular formula is C26H25FN4OS. The molecule has 0 saturated carbocycles. The van der Waals surface area contributed by atoms with Crippen LogP contribution in [0.5, 0.6) is 0 Å². The van der Waals surface area contributed by atoms with Crippen LogP contribution in [0.3, 0.4) is 0 Å². The molecule has 0 aliphatic heterocycles. The topological polar surface area (TPSA) is 51.0 Å². The predicted octanol–water partition coefficient (Wildman–Crippen LogP) is 5.25. The lowest BCUT2D eigenvalue weighted by Gasteiger charge is -2.20. The second-order valence-electron chi connectivity index (χ2n) is 7.81. The molecule has 1 unspecified atom stereocenters. The van der Waals surface area contributed by atoms with Crippen molar-refractivity contribution in [2.45, 2.75) is 23.4 Å². The molecule has 1 aromatic heterocycles. The van der Waals surface area contributed by atoms with Crippen LogP contribution in [0.25, 0.3) is 11.4 Å². The van der Waals surface area contributed by atoms with Crippen LogP contribution >= 0.6 is 11.8 Å². The highest BCUT2D eigenvalue weighted by Crippen LogP contribution is 2.37. The van der Waals surface area contributed by atoms with E-state index in [4.69, 9.17) is 0 Å². The molecule has 0 fully saturated rings. The van der Waals surface area contributed by atoms with Crippen molar-refractivity contribution in [3.8, 4) is 11.4 Å². The normalized spacial score (nSPS) is 11.8. The number of benzene rings is 3. The summed E-state index contributed by atoms with van der Waals surface area (Å²) in [6.45, 7) is 0.556. The van der Waals surface area contributed by atoms with Gasteiger partial charge in [0.2, 0.25) is 5.91 Å². The largest absolute Gasteiger partial charge is 0.348 e. The number of thioether (sulfide) groups is 1. The molecular weight excluding hydrogens is 435 g/mol. The first-order valence-electron chi connectivity index (χ1n) is 10.7. The fourth-order valence-electron chi connectivity index (χ4n) is 3.53. The molecule has 0 saturated heterocycles. The Hall–Kier alpha value is -3.45. The number of carbonyl (C=O) groups is 1. The molecule has 0 spiro atoms. The van der Waals surface area contributed by atoms with E-state index in [1.165, 1.54) is 17.8 Å². The molecule has 7 heteroatoms. The number of amides is 1. The van der Waals surface area contributed by atoms with E-state index in [9.17, 15) is 9.18 Å². The van der Waals surface area contributed by atoms with Gasteiger partial charge in [0, 0.05) is 20.6 Å². The molecule has 168 valence electrons. The molecule has 1 atom stereocenters. The van der Waals surface area contributed by atoms with E-state index < -0.39 is 5.25 Å². The third-order valence-electron chi connectivity index (χ3n) is 5.29. The van der Waals surface area contributed by atoms with Crippen molar-refractivity contribution in [1.82, 2.24) is 19.7 Å². The zero-order valence-electron chi connectivity index (χ0n) is 18.6. The molecule has 1 amide bonds. The van der Waals surface area contributed by atoms with Gasteiger partial charge in [-0.15, -0.1) is 10.2 Å². The third kappa shape index (κ3) is 5.31. The fourth-order valence-corrected chi connectivity index (χ4v) is 4.74. The van der Waals surface area contributed by atoms with E-state index in [0.29, 0.717) is 23.1 Å².